The molecule has 324 valence electrons. The van der Waals surface area contributed by atoms with Crippen molar-refractivity contribution in [3.8, 4) is 0 Å². The smallest absolute Gasteiger partial charge is 0.386 e. The lowest BCUT2D eigenvalue weighted by atomic mass is 9.85. The summed E-state index contributed by atoms with van der Waals surface area (Å²) in [5.74, 6) is -1.01. The number of alkyl halides is 3. The van der Waals surface area contributed by atoms with Gasteiger partial charge in [0.15, 0.2) is 0 Å². The fourth-order valence-corrected chi connectivity index (χ4v) is 9.45. The van der Waals surface area contributed by atoms with E-state index in [4.69, 9.17) is 5.10 Å². The first kappa shape index (κ1) is 42.3. The highest BCUT2D eigenvalue weighted by Gasteiger charge is 2.34. The van der Waals surface area contributed by atoms with E-state index in [9.17, 15) is 37.5 Å². The number of carbonyl (C=O) groups excluding carboxylic acids is 3. The lowest BCUT2D eigenvalue weighted by Gasteiger charge is -2.39. The van der Waals surface area contributed by atoms with Crippen LogP contribution in [0.2, 0.25) is 0 Å². The van der Waals surface area contributed by atoms with Gasteiger partial charge in [0.25, 0.3) is 5.91 Å². The van der Waals surface area contributed by atoms with Crippen LogP contribution in [-0.2, 0) is 35.0 Å². The molecule has 17 heteroatoms. The van der Waals surface area contributed by atoms with Gasteiger partial charge in [-0.25, -0.2) is 9.78 Å². The number of rotatable bonds is 10. The first-order valence-corrected chi connectivity index (χ1v) is 21.0. The minimum Gasteiger partial charge on any atom is -0.386 e. The van der Waals surface area contributed by atoms with Crippen molar-refractivity contribution in [2.75, 3.05) is 32.0 Å². The predicted octanol–water partition coefficient (Wildman–Crippen LogP) is 5.89. The molecule has 3 fully saturated rings. The van der Waals surface area contributed by atoms with Crippen LogP contribution in [0.5, 0.6) is 0 Å². The maximum Gasteiger partial charge on any atom is 0.433 e. The Kier molecular flexibility index (Phi) is 11.4. The molecular formula is C44H52F3N9O5. The van der Waals surface area contributed by atoms with Gasteiger partial charge in [0, 0.05) is 55.4 Å². The van der Waals surface area contributed by atoms with Gasteiger partial charge < -0.3 is 15.3 Å². The summed E-state index contributed by atoms with van der Waals surface area (Å²) in [6.45, 7) is 6.87. The van der Waals surface area contributed by atoms with Crippen molar-refractivity contribution in [2.24, 2.45) is 13.0 Å². The predicted molar refractivity (Wildman–Crippen MR) is 223 cm³/mol. The summed E-state index contributed by atoms with van der Waals surface area (Å²) in [7, 11) is 3.95. The molecule has 3 aliphatic rings. The molecule has 0 bridgehead atoms. The van der Waals surface area contributed by atoms with E-state index in [1.165, 1.54) is 10.6 Å². The van der Waals surface area contributed by atoms with Gasteiger partial charge in [0.05, 0.1) is 28.2 Å². The molecular weight excluding hydrogens is 792 g/mol. The zero-order valence-corrected chi connectivity index (χ0v) is 34.8. The Bertz CT molecular complexity index is 2540. The number of hydrogen-bond donors (Lipinski definition) is 3. The van der Waals surface area contributed by atoms with E-state index >= 15 is 0 Å². The van der Waals surface area contributed by atoms with E-state index in [0.717, 1.165) is 93.3 Å². The number of likely N-dealkylation sites (tertiary alicyclic amines) is 1. The summed E-state index contributed by atoms with van der Waals surface area (Å²) in [6, 6.07) is 12.5. The molecule has 1 atom stereocenters. The third-order valence-corrected chi connectivity index (χ3v) is 12.8. The molecule has 2 aromatic carbocycles. The molecule has 0 spiro atoms. The third-order valence-electron chi connectivity index (χ3n) is 12.8. The molecule has 1 saturated carbocycles. The van der Waals surface area contributed by atoms with E-state index in [2.05, 4.69) is 32.5 Å². The number of benzene rings is 2. The quantitative estimate of drug-likeness (QED) is 0.146. The molecule has 2 aliphatic heterocycles. The van der Waals surface area contributed by atoms with Crippen LogP contribution in [0, 0.1) is 5.92 Å². The second-order valence-corrected chi connectivity index (χ2v) is 17.6. The molecule has 5 heterocycles. The normalized spacial score (nSPS) is 21.1. The van der Waals surface area contributed by atoms with Gasteiger partial charge in [0.1, 0.15) is 17.4 Å². The standard InChI is InChI=1S/C44H52F3N9O5/c1-43(2,61)31-22-33-28(21-34(31)49-40(58)32-6-5-7-38(48-32)44(45,46)47)25-55(51-33)30-11-8-26(9-12-30)23-52(3)29-16-18-54(19-17-29)24-27-10-13-35-37(20-27)53(4)42(60)56(35)36-14-15-39(57)50-41(36)59/h5-7,10,13,20-22,25-26,29-30,36,61H,8-9,11-12,14-19,23-24H2,1-4H3,(H,49,58)(H,50,57,59). The number of hydrogen-bond acceptors (Lipinski definition) is 9. The van der Waals surface area contributed by atoms with Gasteiger partial charge >= 0.3 is 11.9 Å². The van der Waals surface area contributed by atoms with Crippen LogP contribution < -0.4 is 16.3 Å². The molecule has 5 aromatic rings. The molecule has 3 N–H and O–H groups in total. The molecule has 1 unspecified atom stereocenters. The highest BCUT2D eigenvalue weighted by atomic mass is 19.4. The Morgan fingerprint density at radius 1 is 0.967 bits per heavy atom. The number of carbonyl (C=O) groups is 3. The van der Waals surface area contributed by atoms with Crippen molar-refractivity contribution in [3.63, 3.8) is 0 Å². The zero-order chi connectivity index (χ0) is 43.4. The largest absolute Gasteiger partial charge is 0.433 e. The number of halogens is 3. The Morgan fingerprint density at radius 3 is 2.39 bits per heavy atom. The number of aliphatic hydroxyl groups is 1. The summed E-state index contributed by atoms with van der Waals surface area (Å²) in [5, 5.41) is 21.6. The molecule has 0 radical (unpaired) electrons. The van der Waals surface area contributed by atoms with E-state index < -0.39 is 35.3 Å². The first-order valence-electron chi connectivity index (χ1n) is 21.0. The number of piperidine rings is 2. The number of anilines is 1. The van der Waals surface area contributed by atoms with Crippen molar-refractivity contribution in [1.82, 2.24) is 39.0 Å². The number of aryl methyl sites for hydroxylation is 1. The Balaban J connectivity index is 0.845. The fraction of sp³-hybridized carbons (Fsp3) is 0.500. The van der Waals surface area contributed by atoms with Crippen LogP contribution in [0.25, 0.3) is 21.9 Å². The molecule has 8 rings (SSSR count). The van der Waals surface area contributed by atoms with E-state index in [0.29, 0.717) is 35.0 Å². The summed E-state index contributed by atoms with van der Waals surface area (Å²) in [6.07, 6.45) is 3.90. The lowest BCUT2D eigenvalue weighted by molar-refractivity contribution is -0.141. The number of nitrogens with zero attached hydrogens (tertiary/aromatic N) is 7. The van der Waals surface area contributed by atoms with Crippen LogP contribution in [-0.4, -0.2) is 89.3 Å². The number of imide groups is 1. The number of imidazole rings is 1. The van der Waals surface area contributed by atoms with Gasteiger partial charge in [-0.3, -0.25) is 38.4 Å². The van der Waals surface area contributed by atoms with Crippen molar-refractivity contribution in [1.29, 1.82) is 0 Å². The number of fused-ring (bicyclic) bond motifs is 2. The Labute approximate surface area is 350 Å². The van der Waals surface area contributed by atoms with E-state index in [1.807, 2.05) is 29.1 Å². The topological polar surface area (TPSA) is 160 Å². The molecule has 1 aliphatic carbocycles. The summed E-state index contributed by atoms with van der Waals surface area (Å²) in [5.41, 5.74) is 0.676. The minimum absolute atomic E-state index is 0.188. The molecule has 2 saturated heterocycles. The van der Waals surface area contributed by atoms with Crippen molar-refractivity contribution < 1.29 is 32.7 Å². The third kappa shape index (κ3) is 8.86. The van der Waals surface area contributed by atoms with Gasteiger partial charge in [-0.05, 0) is 127 Å². The van der Waals surface area contributed by atoms with Gasteiger partial charge in [0.2, 0.25) is 11.8 Å². The fourth-order valence-electron chi connectivity index (χ4n) is 9.45. The average molecular weight is 844 g/mol. The summed E-state index contributed by atoms with van der Waals surface area (Å²) >= 11 is 0. The van der Waals surface area contributed by atoms with Crippen molar-refractivity contribution in [3.05, 3.63) is 87.7 Å². The van der Waals surface area contributed by atoms with Crippen molar-refractivity contribution >= 4 is 45.3 Å². The lowest BCUT2D eigenvalue weighted by Crippen LogP contribution is -2.44. The second kappa shape index (κ2) is 16.5. The van der Waals surface area contributed by atoms with Crippen LogP contribution in [0.4, 0.5) is 18.9 Å². The number of nitrogens with one attached hydrogen (secondary N) is 2. The molecule has 3 amide bonds. The summed E-state index contributed by atoms with van der Waals surface area (Å²) < 4.78 is 44.9. The SMILES string of the molecule is CN(CC1CCC(n2cc3cc(NC(=O)c4cccc(C(F)(F)F)n4)c(C(C)(C)O)cc3n2)CC1)C1CCN(Cc2ccc3c(c2)n(C)c(=O)n3C2CCC(=O)NC2=O)CC1. The Morgan fingerprint density at radius 2 is 1.70 bits per heavy atom. The number of amides is 3. The van der Waals surface area contributed by atoms with Crippen LogP contribution >= 0.6 is 0 Å². The van der Waals surface area contributed by atoms with Gasteiger partial charge in [-0.2, -0.15) is 18.3 Å². The molecule has 3 aromatic heterocycles. The monoisotopic (exact) mass is 843 g/mol. The van der Waals surface area contributed by atoms with Crippen LogP contribution in [0.3, 0.4) is 0 Å². The second-order valence-electron chi connectivity index (χ2n) is 17.6. The van der Waals surface area contributed by atoms with Gasteiger partial charge in [-0.1, -0.05) is 12.1 Å². The van der Waals surface area contributed by atoms with Crippen LogP contribution in [0.1, 0.15) is 105 Å². The van der Waals surface area contributed by atoms with Gasteiger partial charge in [-0.15, -0.1) is 0 Å². The molecule has 61 heavy (non-hydrogen) atoms. The maximum atomic E-state index is 13.3. The highest BCUT2D eigenvalue weighted by Crippen LogP contribution is 2.37. The first-order chi connectivity index (χ1) is 28.9. The molecule has 14 nitrogen and oxygen atoms in total. The van der Waals surface area contributed by atoms with E-state index in [-0.39, 0.29) is 35.4 Å². The van der Waals surface area contributed by atoms with Crippen LogP contribution in [0.15, 0.2) is 59.5 Å². The number of aromatic nitrogens is 5. The minimum atomic E-state index is -4.69. The Hall–Kier alpha value is -5.39. The number of pyridine rings is 1. The highest BCUT2D eigenvalue weighted by molar-refractivity contribution is 6.04. The van der Waals surface area contributed by atoms with E-state index in [1.54, 1.807) is 37.6 Å². The maximum absolute atomic E-state index is 13.3. The van der Waals surface area contributed by atoms with Crippen molar-refractivity contribution in [2.45, 2.75) is 102 Å². The summed E-state index contributed by atoms with van der Waals surface area (Å²) in [4.78, 5) is 59.1. The average Bonchev–Trinajstić information content (AvgIpc) is 3.74. The zero-order valence-electron chi connectivity index (χ0n) is 34.8.